The van der Waals surface area contributed by atoms with Gasteiger partial charge in [-0.05, 0) is 28.8 Å². The van der Waals surface area contributed by atoms with Crippen LogP contribution >= 0.6 is 27.5 Å². The fourth-order valence-electron chi connectivity index (χ4n) is 1.92. The van der Waals surface area contributed by atoms with Crippen LogP contribution in [0.3, 0.4) is 0 Å². The fourth-order valence-corrected chi connectivity index (χ4v) is 2.40. The van der Waals surface area contributed by atoms with E-state index in [1.165, 1.54) is 32.0 Å². The zero-order chi connectivity index (χ0) is 12.1. The lowest BCUT2D eigenvalue weighted by molar-refractivity contribution is 0.0658. The monoisotopic (exact) mass is 319 g/mol. The van der Waals surface area contributed by atoms with Gasteiger partial charge in [0.1, 0.15) is 17.3 Å². The van der Waals surface area contributed by atoms with Crippen molar-refractivity contribution in [3.05, 3.63) is 16.0 Å². The molecule has 0 amide bonds. The van der Waals surface area contributed by atoms with Crippen LogP contribution in [0.2, 0.25) is 5.15 Å². The SMILES string of the molecule is Clc1ncnc(NCCOC2CCCC2)c1Br. The largest absolute Gasteiger partial charge is 0.376 e. The van der Waals surface area contributed by atoms with Crippen molar-refractivity contribution >= 4 is 33.3 Å². The van der Waals surface area contributed by atoms with E-state index in [1.807, 2.05) is 0 Å². The Hall–Kier alpha value is -0.390. The van der Waals surface area contributed by atoms with Gasteiger partial charge in [0, 0.05) is 6.54 Å². The minimum absolute atomic E-state index is 0.416. The van der Waals surface area contributed by atoms with Gasteiger partial charge in [0.2, 0.25) is 0 Å². The van der Waals surface area contributed by atoms with Crippen LogP contribution in [0.4, 0.5) is 5.82 Å². The Morgan fingerprint density at radius 2 is 2.18 bits per heavy atom. The Morgan fingerprint density at radius 1 is 1.41 bits per heavy atom. The second-order valence-electron chi connectivity index (χ2n) is 4.03. The van der Waals surface area contributed by atoms with Crippen molar-refractivity contribution in [1.29, 1.82) is 0 Å². The van der Waals surface area contributed by atoms with E-state index >= 15 is 0 Å². The maximum atomic E-state index is 5.86. The molecule has 0 saturated heterocycles. The number of hydrogen-bond donors (Lipinski definition) is 1. The first-order valence-electron chi connectivity index (χ1n) is 5.79. The minimum atomic E-state index is 0.416. The van der Waals surface area contributed by atoms with E-state index in [-0.39, 0.29) is 0 Å². The third kappa shape index (κ3) is 3.79. The second-order valence-corrected chi connectivity index (χ2v) is 5.18. The first kappa shape index (κ1) is 13.1. The van der Waals surface area contributed by atoms with Gasteiger partial charge in [-0.15, -0.1) is 0 Å². The van der Waals surface area contributed by atoms with E-state index in [2.05, 4.69) is 31.2 Å². The molecule has 94 valence electrons. The molecule has 1 aliphatic rings. The molecule has 0 unspecified atom stereocenters. The van der Waals surface area contributed by atoms with Crippen molar-refractivity contribution in [2.24, 2.45) is 0 Å². The number of aromatic nitrogens is 2. The Bertz CT molecular complexity index is 372. The van der Waals surface area contributed by atoms with Crippen LogP contribution in [-0.4, -0.2) is 29.2 Å². The summed E-state index contributed by atoms with van der Waals surface area (Å²) in [6, 6.07) is 0. The van der Waals surface area contributed by atoms with Crippen LogP contribution in [0, 0.1) is 0 Å². The van der Waals surface area contributed by atoms with E-state index in [9.17, 15) is 0 Å². The van der Waals surface area contributed by atoms with E-state index in [0.29, 0.717) is 28.2 Å². The highest BCUT2D eigenvalue weighted by Crippen LogP contribution is 2.25. The summed E-state index contributed by atoms with van der Waals surface area (Å²) in [7, 11) is 0. The van der Waals surface area contributed by atoms with Gasteiger partial charge >= 0.3 is 0 Å². The van der Waals surface area contributed by atoms with E-state index in [1.54, 1.807) is 0 Å². The van der Waals surface area contributed by atoms with Crippen molar-refractivity contribution in [3.8, 4) is 0 Å². The Balaban J connectivity index is 1.72. The van der Waals surface area contributed by atoms with Gasteiger partial charge in [-0.2, -0.15) is 0 Å². The molecule has 4 nitrogen and oxygen atoms in total. The number of anilines is 1. The van der Waals surface area contributed by atoms with Crippen LogP contribution in [0.1, 0.15) is 25.7 Å². The molecule has 0 radical (unpaired) electrons. The van der Waals surface area contributed by atoms with Crippen LogP contribution < -0.4 is 5.32 Å². The first-order chi connectivity index (χ1) is 8.27. The Morgan fingerprint density at radius 3 is 2.94 bits per heavy atom. The van der Waals surface area contributed by atoms with E-state index < -0.39 is 0 Å². The number of ether oxygens (including phenoxy) is 1. The number of rotatable bonds is 5. The van der Waals surface area contributed by atoms with Crippen LogP contribution in [0.15, 0.2) is 10.8 Å². The second kappa shape index (κ2) is 6.52. The summed E-state index contributed by atoms with van der Waals surface area (Å²) in [5.41, 5.74) is 0. The van der Waals surface area contributed by atoms with Gasteiger partial charge in [-0.3, -0.25) is 0 Å². The van der Waals surface area contributed by atoms with Gasteiger partial charge < -0.3 is 10.1 Å². The zero-order valence-corrected chi connectivity index (χ0v) is 11.8. The molecule has 1 aromatic heterocycles. The molecule has 0 bridgehead atoms. The van der Waals surface area contributed by atoms with Gasteiger partial charge in [0.15, 0.2) is 0 Å². The van der Waals surface area contributed by atoms with Crippen molar-refractivity contribution in [3.63, 3.8) is 0 Å². The molecule has 1 aliphatic carbocycles. The van der Waals surface area contributed by atoms with Crippen LogP contribution in [0.25, 0.3) is 0 Å². The molecule has 0 aromatic carbocycles. The smallest absolute Gasteiger partial charge is 0.148 e. The van der Waals surface area contributed by atoms with Gasteiger partial charge in [0.05, 0.1) is 17.2 Å². The first-order valence-corrected chi connectivity index (χ1v) is 6.96. The third-order valence-corrected chi connectivity index (χ3v) is 4.06. The highest BCUT2D eigenvalue weighted by molar-refractivity contribution is 9.10. The number of nitrogens with one attached hydrogen (secondary N) is 1. The van der Waals surface area contributed by atoms with Crippen LogP contribution in [-0.2, 0) is 4.74 Å². The number of halogens is 2. The molecule has 1 heterocycles. The Labute approximate surface area is 114 Å². The van der Waals surface area contributed by atoms with E-state index in [0.717, 1.165) is 6.54 Å². The fraction of sp³-hybridized carbons (Fsp3) is 0.636. The maximum Gasteiger partial charge on any atom is 0.148 e. The standard InChI is InChI=1S/C11H15BrClN3O/c12-9-10(13)15-7-16-11(9)14-5-6-17-8-3-1-2-4-8/h7-8H,1-6H2,(H,14,15,16). The summed E-state index contributed by atoms with van der Waals surface area (Å²) in [5, 5.41) is 3.59. The molecule has 6 heteroatoms. The molecule has 2 rings (SSSR count). The highest BCUT2D eigenvalue weighted by atomic mass is 79.9. The molecule has 0 spiro atoms. The topological polar surface area (TPSA) is 47.0 Å². The molecular weight excluding hydrogens is 305 g/mol. The van der Waals surface area contributed by atoms with Crippen molar-refractivity contribution in [2.45, 2.75) is 31.8 Å². The third-order valence-electron chi connectivity index (χ3n) is 2.80. The molecule has 1 N–H and O–H groups in total. The summed E-state index contributed by atoms with van der Waals surface area (Å²) in [6.07, 6.45) is 6.88. The molecule has 1 saturated carbocycles. The average Bonchev–Trinajstić information content (AvgIpc) is 2.83. The number of hydrogen-bond acceptors (Lipinski definition) is 4. The molecule has 0 atom stereocenters. The van der Waals surface area contributed by atoms with Gasteiger partial charge in [0.25, 0.3) is 0 Å². The lowest BCUT2D eigenvalue weighted by Gasteiger charge is -2.12. The molecule has 1 aromatic rings. The van der Waals surface area contributed by atoms with Crippen molar-refractivity contribution < 1.29 is 4.74 Å². The maximum absolute atomic E-state index is 5.86. The number of nitrogens with zero attached hydrogens (tertiary/aromatic N) is 2. The summed E-state index contributed by atoms with van der Waals surface area (Å²) in [4.78, 5) is 7.97. The van der Waals surface area contributed by atoms with Crippen molar-refractivity contribution in [1.82, 2.24) is 9.97 Å². The van der Waals surface area contributed by atoms with Crippen LogP contribution in [0.5, 0.6) is 0 Å². The molecule has 17 heavy (non-hydrogen) atoms. The summed E-state index contributed by atoms with van der Waals surface area (Å²) in [6.45, 7) is 1.42. The predicted octanol–water partition coefficient (Wildman–Crippen LogP) is 3.26. The molecule has 0 aliphatic heterocycles. The quantitative estimate of drug-likeness (QED) is 0.668. The lowest BCUT2D eigenvalue weighted by atomic mass is 10.3. The lowest BCUT2D eigenvalue weighted by Crippen LogP contribution is -2.16. The molecular formula is C11H15BrClN3O. The predicted molar refractivity (Wildman–Crippen MR) is 71.4 cm³/mol. The normalized spacial score (nSPS) is 16.4. The zero-order valence-electron chi connectivity index (χ0n) is 9.46. The highest BCUT2D eigenvalue weighted by Gasteiger charge is 2.14. The Kier molecular flexibility index (Phi) is 5.00. The summed E-state index contributed by atoms with van der Waals surface area (Å²) >= 11 is 9.20. The van der Waals surface area contributed by atoms with Gasteiger partial charge in [-0.1, -0.05) is 24.4 Å². The average molecular weight is 321 g/mol. The molecule has 1 fully saturated rings. The summed E-state index contributed by atoms with van der Waals surface area (Å²) < 4.78 is 6.44. The van der Waals surface area contributed by atoms with E-state index in [4.69, 9.17) is 16.3 Å². The van der Waals surface area contributed by atoms with Gasteiger partial charge in [-0.25, -0.2) is 9.97 Å². The minimum Gasteiger partial charge on any atom is -0.376 e. The summed E-state index contributed by atoms with van der Waals surface area (Å²) in [5.74, 6) is 0.708. The van der Waals surface area contributed by atoms with Crippen molar-refractivity contribution in [2.75, 3.05) is 18.5 Å².